The predicted octanol–water partition coefficient (Wildman–Crippen LogP) is 3.81. The Labute approximate surface area is 154 Å². The highest BCUT2D eigenvalue weighted by molar-refractivity contribution is 5.84. The van der Waals surface area contributed by atoms with Gasteiger partial charge in [0.25, 0.3) is 5.69 Å². The van der Waals surface area contributed by atoms with E-state index in [-0.39, 0.29) is 11.4 Å². The lowest BCUT2D eigenvalue weighted by atomic mass is 10.1. The number of hydrogen-bond acceptors (Lipinski definition) is 5. The first kappa shape index (κ1) is 18.2. The molecule has 8 nitrogen and oxygen atoms in total. The number of hydrogen-bond donors (Lipinski definition) is 3. The van der Waals surface area contributed by atoms with Gasteiger partial charge in [-0.2, -0.15) is 0 Å². The first-order valence-electron chi connectivity index (χ1n) is 8.42. The minimum Gasteiger partial charge on any atom is -0.508 e. The van der Waals surface area contributed by atoms with Crippen LogP contribution in [0.15, 0.2) is 48.7 Å². The number of nitrogens with zero attached hydrogens (tertiary/aromatic N) is 1. The van der Waals surface area contributed by atoms with Crippen LogP contribution in [0.3, 0.4) is 0 Å². The van der Waals surface area contributed by atoms with Crippen molar-refractivity contribution in [1.82, 2.24) is 10.3 Å². The average Bonchev–Trinajstić information content (AvgIpc) is 3.03. The number of para-hydroxylation sites is 1. The second-order valence-electron chi connectivity index (χ2n) is 6.08. The third-order valence-electron chi connectivity index (χ3n) is 4.27. The highest BCUT2D eigenvalue weighted by Crippen LogP contribution is 2.27. The summed E-state index contributed by atoms with van der Waals surface area (Å²) in [4.78, 5) is 25.7. The number of benzene rings is 2. The van der Waals surface area contributed by atoms with Crippen LogP contribution in [0, 0.1) is 10.1 Å². The number of amides is 1. The minimum absolute atomic E-state index is 0.0867. The van der Waals surface area contributed by atoms with Crippen LogP contribution in [-0.4, -0.2) is 27.7 Å². The normalized spacial score (nSPS) is 11.9. The van der Waals surface area contributed by atoms with Gasteiger partial charge in [-0.25, -0.2) is 4.79 Å². The number of nitro groups is 1. The number of fused-ring (bicyclic) bond motifs is 1. The molecule has 0 unspecified atom stereocenters. The van der Waals surface area contributed by atoms with E-state index in [1.807, 2.05) is 6.20 Å². The second-order valence-corrected chi connectivity index (χ2v) is 6.08. The van der Waals surface area contributed by atoms with Gasteiger partial charge >= 0.3 is 6.09 Å². The monoisotopic (exact) mass is 369 g/mol. The molecule has 2 aromatic carbocycles. The molecule has 0 saturated heterocycles. The van der Waals surface area contributed by atoms with Crippen molar-refractivity contribution in [3.8, 4) is 5.75 Å². The number of carbonyl (C=O) groups excluding carboxylic acids is 1. The Morgan fingerprint density at radius 2 is 2.11 bits per heavy atom. The Morgan fingerprint density at radius 3 is 2.89 bits per heavy atom. The zero-order valence-electron chi connectivity index (χ0n) is 14.6. The first-order valence-corrected chi connectivity index (χ1v) is 8.42. The van der Waals surface area contributed by atoms with Crippen molar-refractivity contribution < 1.29 is 19.6 Å². The third-order valence-corrected chi connectivity index (χ3v) is 4.27. The summed E-state index contributed by atoms with van der Waals surface area (Å²) < 4.78 is 5.25. The lowest BCUT2D eigenvalue weighted by Crippen LogP contribution is -2.27. The molecule has 0 fully saturated rings. The van der Waals surface area contributed by atoms with E-state index >= 15 is 0 Å². The van der Waals surface area contributed by atoms with Crippen molar-refractivity contribution in [3.63, 3.8) is 0 Å². The summed E-state index contributed by atoms with van der Waals surface area (Å²) in [5, 5.41) is 24.2. The summed E-state index contributed by atoms with van der Waals surface area (Å²) in [7, 11) is 0. The number of aromatic hydroxyl groups is 1. The van der Waals surface area contributed by atoms with E-state index in [9.17, 15) is 20.0 Å². The molecule has 1 heterocycles. The lowest BCUT2D eigenvalue weighted by Gasteiger charge is -2.14. The van der Waals surface area contributed by atoms with Gasteiger partial charge in [-0.15, -0.1) is 0 Å². The van der Waals surface area contributed by atoms with Crippen LogP contribution >= 0.6 is 0 Å². The maximum Gasteiger partial charge on any atom is 0.407 e. The first-order chi connectivity index (χ1) is 13.0. The van der Waals surface area contributed by atoms with Crippen molar-refractivity contribution in [2.45, 2.75) is 19.4 Å². The van der Waals surface area contributed by atoms with E-state index in [1.165, 1.54) is 6.07 Å². The van der Waals surface area contributed by atoms with E-state index in [1.54, 1.807) is 43.3 Å². The van der Waals surface area contributed by atoms with Gasteiger partial charge < -0.3 is 20.1 Å². The molecule has 0 radical (unpaired) electrons. The van der Waals surface area contributed by atoms with Crippen LogP contribution in [0.4, 0.5) is 10.5 Å². The number of nitro benzene ring substituents is 1. The number of phenols is 1. The van der Waals surface area contributed by atoms with Crippen LogP contribution in [-0.2, 0) is 11.2 Å². The maximum absolute atomic E-state index is 12.0. The van der Waals surface area contributed by atoms with E-state index in [2.05, 4.69) is 10.3 Å². The second kappa shape index (κ2) is 7.77. The molecule has 0 aliphatic heterocycles. The van der Waals surface area contributed by atoms with E-state index in [0.717, 1.165) is 16.5 Å². The largest absolute Gasteiger partial charge is 0.508 e. The summed E-state index contributed by atoms with van der Waals surface area (Å²) in [6, 6.07) is 11.2. The summed E-state index contributed by atoms with van der Waals surface area (Å²) >= 11 is 0. The molecule has 3 aromatic rings. The molecule has 3 rings (SSSR count). The van der Waals surface area contributed by atoms with Crippen LogP contribution in [0.5, 0.6) is 5.75 Å². The quantitative estimate of drug-likeness (QED) is 0.451. The molecule has 1 atom stereocenters. The van der Waals surface area contributed by atoms with Crippen LogP contribution in [0.1, 0.15) is 24.2 Å². The summed E-state index contributed by atoms with van der Waals surface area (Å²) in [6.45, 7) is 1.91. The molecule has 0 aliphatic carbocycles. The molecular weight excluding hydrogens is 350 g/mol. The van der Waals surface area contributed by atoms with E-state index in [0.29, 0.717) is 18.5 Å². The fourth-order valence-corrected chi connectivity index (χ4v) is 2.94. The molecule has 1 amide bonds. The number of aromatic nitrogens is 1. The number of rotatable bonds is 6. The molecule has 0 spiro atoms. The van der Waals surface area contributed by atoms with Crippen molar-refractivity contribution >= 4 is 22.7 Å². The lowest BCUT2D eigenvalue weighted by molar-refractivity contribution is -0.386. The maximum atomic E-state index is 12.0. The number of ether oxygens (including phenoxy) is 1. The van der Waals surface area contributed by atoms with Crippen molar-refractivity contribution in [2.24, 2.45) is 0 Å². The Bertz CT molecular complexity index is 982. The van der Waals surface area contributed by atoms with Gasteiger partial charge in [0.05, 0.1) is 10.5 Å². The van der Waals surface area contributed by atoms with Gasteiger partial charge in [-0.05, 0) is 43.2 Å². The molecule has 27 heavy (non-hydrogen) atoms. The van der Waals surface area contributed by atoms with Gasteiger partial charge in [-0.1, -0.05) is 12.1 Å². The Morgan fingerprint density at radius 1 is 1.33 bits per heavy atom. The van der Waals surface area contributed by atoms with Crippen LogP contribution in [0.2, 0.25) is 0 Å². The topological polar surface area (TPSA) is 117 Å². The molecule has 0 aliphatic rings. The molecule has 1 aromatic heterocycles. The molecule has 140 valence electrons. The number of nitrogens with one attached hydrogen (secondary N) is 2. The molecular formula is C19H19N3O5. The van der Waals surface area contributed by atoms with Crippen molar-refractivity contribution in [1.29, 1.82) is 0 Å². The molecule has 0 bridgehead atoms. The van der Waals surface area contributed by atoms with Gasteiger partial charge in [-0.3, -0.25) is 10.1 Å². The zero-order chi connectivity index (χ0) is 19.4. The van der Waals surface area contributed by atoms with E-state index < -0.39 is 17.1 Å². The minimum atomic E-state index is -0.753. The smallest absolute Gasteiger partial charge is 0.407 e. The Balaban J connectivity index is 1.57. The molecule has 8 heteroatoms. The summed E-state index contributed by atoms with van der Waals surface area (Å²) in [5.41, 5.74) is 2.10. The van der Waals surface area contributed by atoms with Gasteiger partial charge in [0, 0.05) is 29.7 Å². The number of alkyl carbamates (subject to hydrolysis) is 1. The number of phenolic OH excluding ortho intramolecular Hbond substituents is 1. The van der Waals surface area contributed by atoms with Gasteiger partial charge in [0.2, 0.25) is 0 Å². The number of aromatic amines is 1. The van der Waals surface area contributed by atoms with Crippen LogP contribution < -0.4 is 5.32 Å². The van der Waals surface area contributed by atoms with Crippen LogP contribution in [0.25, 0.3) is 10.9 Å². The predicted molar refractivity (Wildman–Crippen MR) is 99.7 cm³/mol. The standard InChI is InChI=1S/C19H19N3O5/c1-12(15-4-2-3-5-18(15)22(25)26)27-19(24)20-9-8-13-11-21-17-7-6-14(23)10-16(13)17/h2-7,10-12,21,23H,8-9H2,1H3,(H,20,24)/t12-/m1/s1. The fourth-order valence-electron chi connectivity index (χ4n) is 2.94. The summed E-state index contributed by atoms with van der Waals surface area (Å²) in [5.74, 6) is 0.175. The van der Waals surface area contributed by atoms with Crippen molar-refractivity contribution in [2.75, 3.05) is 6.54 Å². The Kier molecular flexibility index (Phi) is 5.25. The highest BCUT2D eigenvalue weighted by Gasteiger charge is 2.21. The Hall–Kier alpha value is -3.55. The zero-order valence-corrected chi connectivity index (χ0v) is 14.6. The molecule has 3 N–H and O–H groups in total. The van der Waals surface area contributed by atoms with Gasteiger partial charge in [0.15, 0.2) is 0 Å². The van der Waals surface area contributed by atoms with Gasteiger partial charge in [0.1, 0.15) is 11.9 Å². The van der Waals surface area contributed by atoms with Crippen molar-refractivity contribution in [3.05, 3.63) is 69.9 Å². The third kappa shape index (κ3) is 4.17. The van der Waals surface area contributed by atoms with E-state index in [4.69, 9.17) is 4.74 Å². The number of carbonyl (C=O) groups is 1. The molecule has 0 saturated carbocycles. The SMILES string of the molecule is C[C@@H](OC(=O)NCCc1c[nH]c2ccc(O)cc12)c1ccccc1[N+](=O)[O-]. The highest BCUT2D eigenvalue weighted by atomic mass is 16.6. The summed E-state index contributed by atoms with van der Waals surface area (Å²) in [6.07, 6.45) is 0.964. The average molecular weight is 369 g/mol. The fraction of sp³-hybridized carbons (Fsp3) is 0.211. The number of H-pyrrole nitrogens is 1.